The summed E-state index contributed by atoms with van der Waals surface area (Å²) in [5.41, 5.74) is 15.8. The second-order valence-corrected chi connectivity index (χ2v) is 15.2. The summed E-state index contributed by atoms with van der Waals surface area (Å²) in [5, 5.41) is 5.04. The summed E-state index contributed by atoms with van der Waals surface area (Å²) in [6, 6.07) is 59.5. The molecule has 0 saturated carbocycles. The van der Waals surface area contributed by atoms with E-state index in [-0.39, 0.29) is 18.0 Å². The molecule has 0 radical (unpaired) electrons. The van der Waals surface area contributed by atoms with E-state index in [0.29, 0.717) is 0 Å². The molecule has 3 aliphatic rings. The number of fused-ring (bicyclic) bond motifs is 12. The first-order chi connectivity index (χ1) is 27.8. The fourth-order valence-electron chi connectivity index (χ4n) is 9.62. The lowest BCUT2D eigenvalue weighted by Crippen LogP contribution is -2.25. The lowest BCUT2D eigenvalue weighted by molar-refractivity contribution is 0.565. The molecule has 7 aromatic carbocycles. The van der Waals surface area contributed by atoms with Crippen molar-refractivity contribution in [1.29, 1.82) is 0 Å². The number of hydrogen-bond acceptors (Lipinski definition) is 2. The molecule has 264 valence electrons. The number of benzene rings is 7. The normalized spacial score (nSPS) is 18.5. The molecule has 12 rings (SSSR count). The van der Waals surface area contributed by atoms with Crippen molar-refractivity contribution in [3.63, 3.8) is 0 Å². The number of allylic oxidation sites excluding steroid dienone is 4. The molecule has 1 aliphatic heterocycles. The van der Waals surface area contributed by atoms with E-state index in [1.54, 1.807) is 0 Å². The van der Waals surface area contributed by atoms with Crippen LogP contribution >= 0.6 is 0 Å². The van der Waals surface area contributed by atoms with Crippen molar-refractivity contribution < 1.29 is 0 Å². The molecule has 9 aromatic rings. The molecule has 2 aliphatic carbocycles. The first-order valence-corrected chi connectivity index (χ1v) is 19.6. The average molecular weight is 717 g/mol. The Balaban J connectivity index is 0.899. The van der Waals surface area contributed by atoms with Crippen molar-refractivity contribution in [1.82, 2.24) is 9.13 Å². The number of aliphatic imine (C=N–C) groups is 2. The molecule has 0 bridgehead atoms. The van der Waals surface area contributed by atoms with Gasteiger partial charge in [0.25, 0.3) is 0 Å². The molecule has 4 heteroatoms. The van der Waals surface area contributed by atoms with Crippen LogP contribution < -0.4 is 0 Å². The average Bonchev–Trinajstić information content (AvgIpc) is 3.79. The standard InChI is InChI=1S/C52H36N4/c1-2-12-36(13-3-1)55-47-20-10-8-16-40(47)44-30-34(24-28-49(44)55)35-25-29-50-45(31-35)41-17-9-11-21-48(41)56(50)37-26-22-33(23-27-37)46-32-53-51-42-18-6-4-14-38(42)39-15-5-7-19-43(39)52(51)54-46/h1-22,24-33,51-52H,23H2. The largest absolute Gasteiger partial charge is 0.310 e. The summed E-state index contributed by atoms with van der Waals surface area (Å²) in [6.45, 7) is 0. The Labute approximate surface area is 324 Å². The Morgan fingerprint density at radius 2 is 1.04 bits per heavy atom. The molecular weight excluding hydrogens is 681 g/mol. The predicted octanol–water partition coefficient (Wildman–Crippen LogP) is 13.0. The Morgan fingerprint density at radius 3 is 1.70 bits per heavy atom. The van der Waals surface area contributed by atoms with Gasteiger partial charge in [-0.05, 0) is 94.4 Å². The van der Waals surface area contributed by atoms with Gasteiger partial charge in [0.2, 0.25) is 0 Å². The maximum Gasteiger partial charge on any atom is 0.102 e. The van der Waals surface area contributed by atoms with Gasteiger partial charge in [0.05, 0.1) is 27.8 Å². The molecule has 3 heterocycles. The van der Waals surface area contributed by atoms with Crippen LogP contribution in [0.2, 0.25) is 0 Å². The number of rotatable bonds is 4. The van der Waals surface area contributed by atoms with E-state index >= 15 is 0 Å². The highest BCUT2D eigenvalue weighted by atomic mass is 15.0. The Kier molecular flexibility index (Phi) is 6.85. The maximum atomic E-state index is 5.42. The Morgan fingerprint density at radius 1 is 0.482 bits per heavy atom. The van der Waals surface area contributed by atoms with Gasteiger partial charge >= 0.3 is 0 Å². The van der Waals surface area contributed by atoms with Crippen molar-refractivity contribution in [2.45, 2.75) is 18.5 Å². The number of aromatic nitrogens is 2. The van der Waals surface area contributed by atoms with Crippen molar-refractivity contribution in [2.75, 3.05) is 0 Å². The summed E-state index contributed by atoms with van der Waals surface area (Å²) in [5.74, 6) is 0.176. The monoisotopic (exact) mass is 716 g/mol. The molecule has 2 aromatic heterocycles. The number of nitrogens with zero attached hydrogens (tertiary/aromatic N) is 4. The van der Waals surface area contributed by atoms with Gasteiger partial charge in [-0.15, -0.1) is 0 Å². The zero-order chi connectivity index (χ0) is 36.7. The van der Waals surface area contributed by atoms with Crippen LogP contribution in [-0.2, 0) is 0 Å². The molecule has 56 heavy (non-hydrogen) atoms. The third-order valence-corrected chi connectivity index (χ3v) is 12.2. The Hall–Kier alpha value is -7.04. The minimum atomic E-state index is -0.00498. The smallest absolute Gasteiger partial charge is 0.102 e. The maximum absolute atomic E-state index is 5.42. The van der Waals surface area contributed by atoms with E-state index in [1.807, 2.05) is 6.21 Å². The van der Waals surface area contributed by atoms with E-state index in [9.17, 15) is 0 Å². The Bertz CT molecular complexity index is 3190. The van der Waals surface area contributed by atoms with Gasteiger partial charge in [-0.25, -0.2) is 0 Å². The highest BCUT2D eigenvalue weighted by Crippen LogP contribution is 2.49. The van der Waals surface area contributed by atoms with E-state index in [2.05, 4.69) is 191 Å². The zero-order valence-electron chi connectivity index (χ0n) is 30.6. The quantitative estimate of drug-likeness (QED) is 0.174. The van der Waals surface area contributed by atoms with Crippen molar-refractivity contribution in [3.05, 3.63) is 193 Å². The minimum Gasteiger partial charge on any atom is -0.310 e. The SMILES string of the molecule is C1=CC(C2=NC3c4ccccc4-c4ccccc4C3N=C2)CC=C1n1c2ccccc2c2cc(-c3ccc4c(c3)c3ccccc3n4-c3ccccc3)ccc21. The van der Waals surface area contributed by atoms with Crippen molar-refractivity contribution in [2.24, 2.45) is 15.9 Å². The van der Waals surface area contributed by atoms with Crippen LogP contribution in [0.25, 0.3) is 77.2 Å². The van der Waals surface area contributed by atoms with Gasteiger partial charge in [0, 0.05) is 45.1 Å². The molecule has 0 saturated heterocycles. The molecule has 4 nitrogen and oxygen atoms in total. The fraction of sp³-hybridized carbons (Fsp3) is 0.0769. The summed E-state index contributed by atoms with van der Waals surface area (Å²) in [6.07, 6.45) is 9.91. The van der Waals surface area contributed by atoms with Crippen LogP contribution in [0.1, 0.15) is 29.6 Å². The van der Waals surface area contributed by atoms with Gasteiger partial charge in [-0.1, -0.05) is 127 Å². The van der Waals surface area contributed by atoms with E-state index < -0.39 is 0 Å². The second kappa shape index (κ2) is 12.2. The van der Waals surface area contributed by atoms with Crippen molar-refractivity contribution in [3.8, 4) is 27.9 Å². The molecule has 3 atom stereocenters. The summed E-state index contributed by atoms with van der Waals surface area (Å²) in [7, 11) is 0. The van der Waals surface area contributed by atoms with Crippen LogP contribution in [0.4, 0.5) is 0 Å². The van der Waals surface area contributed by atoms with Gasteiger partial charge in [-0.3, -0.25) is 9.98 Å². The first-order valence-electron chi connectivity index (χ1n) is 19.6. The van der Waals surface area contributed by atoms with Crippen LogP contribution in [0.3, 0.4) is 0 Å². The van der Waals surface area contributed by atoms with Gasteiger partial charge in [0.15, 0.2) is 0 Å². The molecule has 0 N–H and O–H groups in total. The van der Waals surface area contributed by atoms with E-state index in [0.717, 1.165) is 12.1 Å². The fourth-order valence-corrected chi connectivity index (χ4v) is 9.62. The molecule has 3 unspecified atom stereocenters. The molecule has 0 amide bonds. The lowest BCUT2D eigenvalue weighted by Gasteiger charge is -2.34. The summed E-state index contributed by atoms with van der Waals surface area (Å²) >= 11 is 0. The second-order valence-electron chi connectivity index (χ2n) is 15.2. The predicted molar refractivity (Wildman–Crippen MR) is 234 cm³/mol. The van der Waals surface area contributed by atoms with Crippen LogP contribution in [0, 0.1) is 5.92 Å². The molecule has 0 spiro atoms. The lowest BCUT2D eigenvalue weighted by atomic mass is 9.78. The van der Waals surface area contributed by atoms with Gasteiger partial charge < -0.3 is 9.13 Å². The minimum absolute atomic E-state index is 0.00498. The number of para-hydroxylation sites is 3. The topological polar surface area (TPSA) is 34.6 Å². The highest BCUT2D eigenvalue weighted by molar-refractivity contribution is 6.32. The summed E-state index contributed by atoms with van der Waals surface area (Å²) < 4.78 is 4.80. The van der Waals surface area contributed by atoms with E-state index in [1.165, 1.54) is 88.4 Å². The summed E-state index contributed by atoms with van der Waals surface area (Å²) in [4.78, 5) is 10.6. The highest BCUT2D eigenvalue weighted by Gasteiger charge is 2.35. The molecule has 0 fully saturated rings. The van der Waals surface area contributed by atoms with Gasteiger partial charge in [0.1, 0.15) is 12.1 Å². The van der Waals surface area contributed by atoms with Crippen LogP contribution in [0.5, 0.6) is 0 Å². The zero-order valence-corrected chi connectivity index (χ0v) is 30.6. The first kappa shape index (κ1) is 31.3. The van der Waals surface area contributed by atoms with Crippen LogP contribution in [0.15, 0.2) is 192 Å². The number of hydrogen-bond donors (Lipinski definition) is 0. The van der Waals surface area contributed by atoms with E-state index in [4.69, 9.17) is 9.98 Å². The van der Waals surface area contributed by atoms with Crippen LogP contribution in [-0.4, -0.2) is 21.1 Å². The molecular formula is C52H36N4. The van der Waals surface area contributed by atoms with Gasteiger partial charge in [-0.2, -0.15) is 0 Å². The van der Waals surface area contributed by atoms with Crippen molar-refractivity contribution >= 4 is 61.2 Å². The third kappa shape index (κ3) is 4.66. The third-order valence-electron chi connectivity index (χ3n) is 12.2.